The van der Waals surface area contributed by atoms with Gasteiger partial charge in [0.2, 0.25) is 9.90 Å². The molecule has 0 aromatic heterocycles. The molecule has 4 aliphatic carbocycles. The van der Waals surface area contributed by atoms with E-state index >= 15 is 9.59 Å². The van der Waals surface area contributed by atoms with Crippen molar-refractivity contribution in [3.8, 4) is 0 Å². The number of halogens is 3. The van der Waals surface area contributed by atoms with Gasteiger partial charge in [-0.25, -0.2) is 14.4 Å². The molecule has 1 amide bonds. The summed E-state index contributed by atoms with van der Waals surface area (Å²) in [6.07, 6.45) is -9.38. The van der Waals surface area contributed by atoms with Crippen molar-refractivity contribution in [1.82, 2.24) is 5.32 Å². The van der Waals surface area contributed by atoms with E-state index in [-0.39, 0.29) is 47.3 Å². The molecule has 2 N–H and O–H groups in total. The number of ketones is 1. The second-order valence-electron chi connectivity index (χ2n) is 18.7. The molecule has 3 saturated carbocycles. The van der Waals surface area contributed by atoms with Gasteiger partial charge in [-0.15, -0.1) is 0 Å². The first-order valence-electron chi connectivity index (χ1n) is 22.3. The Bertz CT molecular complexity index is 2570. The number of fused-ring (bicyclic) bond motifs is 4. The number of aliphatic hydroxyl groups is 1. The molecule has 69 heavy (non-hydrogen) atoms. The van der Waals surface area contributed by atoms with Gasteiger partial charge in [-0.1, -0.05) is 115 Å². The SMILES string of the molecule is CC(=O)O[C@H]1C(=O)C23C[C@H]2CC2OC[C@@]2(OC(C)=O)C3[C@H](OC(=O)c2ccccc2)[C@]2(O)CC(OC(=O)C(OC(=O)OCC(Cl)(Cl)Cl)[C@@H](NC(=O)c3ccccc3)c3ccccc3)C(C)=C1C2(C)C. The average Bonchev–Trinajstić information content (AvgIpc) is 4.03. The number of esters is 4. The van der Waals surface area contributed by atoms with Crippen molar-refractivity contribution >= 4 is 76.5 Å². The molecule has 3 aromatic carbocycles. The first kappa shape index (κ1) is 49.9. The molecule has 5 aliphatic rings. The normalized spacial score (nSPS) is 30.4. The number of carbonyl (C=O) groups is 7. The van der Waals surface area contributed by atoms with Crippen LogP contribution in [0.15, 0.2) is 102 Å². The van der Waals surface area contributed by atoms with Crippen LogP contribution in [0.3, 0.4) is 0 Å². The monoisotopic (exact) mass is 1010 g/mol. The van der Waals surface area contributed by atoms with Gasteiger partial charge in [0.1, 0.15) is 36.6 Å². The largest absolute Gasteiger partial charge is 0.509 e. The summed E-state index contributed by atoms with van der Waals surface area (Å²) in [6, 6.07) is 22.5. The number of alkyl halides is 3. The van der Waals surface area contributed by atoms with Gasteiger partial charge in [0.25, 0.3) is 5.91 Å². The number of amides is 1. The molecule has 3 aromatic rings. The third-order valence-electron chi connectivity index (χ3n) is 14.4. The van der Waals surface area contributed by atoms with Crippen molar-refractivity contribution in [2.24, 2.45) is 22.7 Å². The fourth-order valence-corrected chi connectivity index (χ4v) is 11.3. The molecule has 1 heterocycles. The second kappa shape index (κ2) is 18.7. The number of Topliss-reactive ketones (excluding diaryl/α,β-unsaturated/α-hetero) is 1. The van der Waals surface area contributed by atoms with Gasteiger partial charge in [-0.3, -0.25) is 19.2 Å². The Balaban J connectivity index is 1.28. The lowest BCUT2D eigenvalue weighted by Gasteiger charge is -2.64. The van der Waals surface area contributed by atoms with E-state index in [1.54, 1.807) is 87.5 Å². The van der Waals surface area contributed by atoms with Crippen LogP contribution in [0.2, 0.25) is 0 Å². The van der Waals surface area contributed by atoms with Gasteiger partial charge in [-0.2, -0.15) is 0 Å². The van der Waals surface area contributed by atoms with E-state index < -0.39 is 129 Å². The molecule has 1 saturated heterocycles. The number of nitrogens with one attached hydrogen (secondary N) is 1. The van der Waals surface area contributed by atoms with Crippen LogP contribution in [0, 0.1) is 22.7 Å². The molecule has 1 spiro atoms. The molecule has 2 bridgehead atoms. The average molecular weight is 1010 g/mol. The van der Waals surface area contributed by atoms with Crippen molar-refractivity contribution < 1.29 is 71.8 Å². The molecule has 366 valence electrons. The Labute approximate surface area is 412 Å². The number of hydrogen-bond donors (Lipinski definition) is 2. The van der Waals surface area contributed by atoms with Crippen LogP contribution in [0.5, 0.6) is 0 Å². The van der Waals surface area contributed by atoms with Gasteiger partial charge in [0.15, 0.2) is 17.5 Å². The summed E-state index contributed by atoms with van der Waals surface area (Å²) in [6.45, 7) is 6.01. The number of benzene rings is 3. The molecule has 4 fully saturated rings. The summed E-state index contributed by atoms with van der Waals surface area (Å²) in [5, 5.41) is 16.7. The van der Waals surface area contributed by atoms with Crippen LogP contribution in [0.4, 0.5) is 4.79 Å². The third-order valence-corrected chi connectivity index (χ3v) is 14.7. The zero-order valence-electron chi connectivity index (χ0n) is 38.1. The Morgan fingerprint density at radius 1 is 0.841 bits per heavy atom. The predicted octanol–water partition coefficient (Wildman–Crippen LogP) is 6.91. The van der Waals surface area contributed by atoms with E-state index in [9.17, 15) is 29.1 Å². The first-order chi connectivity index (χ1) is 32.5. The zero-order chi connectivity index (χ0) is 49.8. The van der Waals surface area contributed by atoms with Crippen LogP contribution in [0.1, 0.15) is 86.2 Å². The molecular weight excluding hydrogens is 961 g/mol. The number of ether oxygens (including phenoxy) is 7. The zero-order valence-corrected chi connectivity index (χ0v) is 40.4. The molecule has 16 nitrogen and oxygen atoms in total. The van der Waals surface area contributed by atoms with Crippen LogP contribution in [0.25, 0.3) is 0 Å². The second-order valence-corrected chi connectivity index (χ2v) is 21.3. The lowest BCUT2D eigenvalue weighted by atomic mass is 9.48. The molecule has 5 unspecified atom stereocenters. The first-order valence-corrected chi connectivity index (χ1v) is 23.4. The maximum Gasteiger partial charge on any atom is 0.509 e. The highest BCUT2D eigenvalue weighted by Crippen LogP contribution is 2.74. The standard InChI is InChI=1S/C50H50Cl3NO15/c1-26-33(66-44(60)38(67-45(61)64-25-50(51,52)53)36(29-15-9-6-10-16-29)54-42(58)30-17-11-7-12-18-30)23-49(62)41(68-43(59)31-19-13-8-14-20-31)39-47(40(57)37(65-27(2)55)35(26)46(49,4)5)22-32(47)21-34-48(39,24-63-34)69-28(3)56/h6-20,32-34,36-39,41,62H,21-25H2,1-5H3,(H,54,58)/t32-,33?,34?,36+,37-,38?,39?,41+,47?,48+,49-/m1/s1. The summed E-state index contributed by atoms with van der Waals surface area (Å²) in [7, 11) is 0. The molecule has 8 rings (SSSR count). The van der Waals surface area contributed by atoms with E-state index in [2.05, 4.69) is 5.32 Å². The van der Waals surface area contributed by atoms with Gasteiger partial charge in [-0.05, 0) is 66.7 Å². The Morgan fingerprint density at radius 2 is 1.45 bits per heavy atom. The molecule has 1 aliphatic heterocycles. The maximum atomic E-state index is 15.7. The van der Waals surface area contributed by atoms with Crippen molar-refractivity contribution in [2.75, 3.05) is 13.2 Å². The van der Waals surface area contributed by atoms with E-state index in [0.717, 1.165) is 6.92 Å². The lowest BCUT2D eigenvalue weighted by molar-refractivity contribution is -0.323. The van der Waals surface area contributed by atoms with Crippen LogP contribution >= 0.6 is 34.8 Å². The summed E-state index contributed by atoms with van der Waals surface area (Å²) in [5.74, 6) is -6.73. The number of rotatable bonds is 12. The van der Waals surface area contributed by atoms with E-state index in [4.69, 9.17) is 68.0 Å². The Hall–Kier alpha value is -5.52. The van der Waals surface area contributed by atoms with Crippen molar-refractivity contribution in [1.29, 1.82) is 0 Å². The van der Waals surface area contributed by atoms with Crippen molar-refractivity contribution in [3.63, 3.8) is 0 Å². The Morgan fingerprint density at radius 3 is 2.01 bits per heavy atom. The van der Waals surface area contributed by atoms with E-state index in [1.165, 1.54) is 31.2 Å². The summed E-state index contributed by atoms with van der Waals surface area (Å²) >= 11 is 17.6. The number of carbonyl (C=O) groups excluding carboxylic acids is 7. The quantitative estimate of drug-likeness (QED) is 0.0816. The van der Waals surface area contributed by atoms with E-state index in [1.807, 2.05) is 0 Å². The molecule has 0 radical (unpaired) electrons. The fourth-order valence-electron chi connectivity index (χ4n) is 11.2. The predicted molar refractivity (Wildman–Crippen MR) is 245 cm³/mol. The summed E-state index contributed by atoms with van der Waals surface area (Å²) < 4.78 is 39.7. The molecule has 11 atom stereocenters. The van der Waals surface area contributed by atoms with Crippen LogP contribution in [-0.2, 0) is 52.3 Å². The van der Waals surface area contributed by atoms with Crippen molar-refractivity contribution in [3.05, 3.63) is 119 Å². The fraction of sp³-hybridized carbons (Fsp3) is 0.460. The molecular formula is C50H50Cl3NO15. The minimum Gasteiger partial charge on any atom is -0.455 e. The lowest BCUT2D eigenvalue weighted by Crippen LogP contribution is -2.78. The Kier molecular flexibility index (Phi) is 13.5. The topological polar surface area (TPSA) is 216 Å². The van der Waals surface area contributed by atoms with Crippen LogP contribution < -0.4 is 5.32 Å². The van der Waals surface area contributed by atoms with Crippen molar-refractivity contribution in [2.45, 2.75) is 105 Å². The minimum atomic E-state index is -2.36. The minimum absolute atomic E-state index is 0.0542. The van der Waals surface area contributed by atoms with Gasteiger partial charge >= 0.3 is 30.0 Å². The third kappa shape index (κ3) is 9.10. The smallest absolute Gasteiger partial charge is 0.455 e. The number of hydrogen-bond acceptors (Lipinski definition) is 15. The van der Waals surface area contributed by atoms with Gasteiger partial charge < -0.3 is 43.6 Å². The highest BCUT2D eigenvalue weighted by atomic mass is 35.6. The van der Waals surface area contributed by atoms with E-state index in [0.29, 0.717) is 0 Å². The summed E-state index contributed by atoms with van der Waals surface area (Å²) in [4.78, 5) is 98.7. The highest BCUT2D eigenvalue weighted by Gasteiger charge is 2.84. The maximum absolute atomic E-state index is 15.7. The van der Waals surface area contributed by atoms with Gasteiger partial charge in [0.05, 0.1) is 18.1 Å². The summed E-state index contributed by atoms with van der Waals surface area (Å²) in [5.41, 5.74) is -6.32. The van der Waals surface area contributed by atoms with Crippen LogP contribution in [-0.4, -0.2) is 106 Å². The highest BCUT2D eigenvalue weighted by molar-refractivity contribution is 6.67. The van der Waals surface area contributed by atoms with Gasteiger partial charge in [0, 0.05) is 36.7 Å². The molecule has 19 heteroatoms.